The highest BCUT2D eigenvalue weighted by atomic mass is 32.1. The van der Waals surface area contributed by atoms with E-state index >= 15 is 0 Å². The molecule has 112 valence electrons. The van der Waals surface area contributed by atoms with Gasteiger partial charge in [0.25, 0.3) is 5.91 Å². The molecule has 1 heterocycles. The number of methoxy groups -OCH3 is 1. The van der Waals surface area contributed by atoms with Gasteiger partial charge in [0.1, 0.15) is 16.6 Å². The molecule has 1 unspecified atom stereocenters. The van der Waals surface area contributed by atoms with Crippen LogP contribution in [0.5, 0.6) is 0 Å². The van der Waals surface area contributed by atoms with Gasteiger partial charge in [0.05, 0.1) is 6.61 Å². The molecule has 0 saturated heterocycles. The first kappa shape index (κ1) is 16.2. The number of anilines is 2. The van der Waals surface area contributed by atoms with Gasteiger partial charge in [-0.15, -0.1) is 0 Å². The first-order chi connectivity index (χ1) is 9.51. The molecule has 0 radical (unpaired) electrons. The second kappa shape index (κ2) is 7.65. The van der Waals surface area contributed by atoms with E-state index in [2.05, 4.69) is 20.3 Å². The molecule has 0 fully saturated rings. The lowest BCUT2D eigenvalue weighted by Gasteiger charge is -2.14. The number of nitrogens with zero attached hydrogens (tertiary/aromatic N) is 1. The molecule has 20 heavy (non-hydrogen) atoms. The summed E-state index contributed by atoms with van der Waals surface area (Å²) in [5.74, 6) is -0.397. The standard InChI is InChI=1S/C11H19N5O3S/c1-6(9(17)14-4-5-19-3)15-11-7(10(18)13-2)8(12)16-20-11/h6,15H,4-5H2,1-3H3,(H2,12,16)(H,13,18)(H,14,17). The molecule has 5 N–H and O–H groups in total. The molecule has 0 spiro atoms. The molecule has 0 aliphatic heterocycles. The van der Waals surface area contributed by atoms with Crippen LogP contribution in [-0.4, -0.2) is 49.5 Å². The smallest absolute Gasteiger partial charge is 0.257 e. The van der Waals surface area contributed by atoms with E-state index in [-0.39, 0.29) is 23.2 Å². The monoisotopic (exact) mass is 301 g/mol. The van der Waals surface area contributed by atoms with Gasteiger partial charge >= 0.3 is 0 Å². The second-order valence-electron chi connectivity index (χ2n) is 4.00. The number of hydrogen-bond acceptors (Lipinski definition) is 7. The van der Waals surface area contributed by atoms with E-state index in [4.69, 9.17) is 10.5 Å². The van der Waals surface area contributed by atoms with E-state index in [1.165, 1.54) is 7.05 Å². The summed E-state index contributed by atoms with van der Waals surface area (Å²) >= 11 is 1.04. The Balaban J connectivity index is 2.68. The minimum Gasteiger partial charge on any atom is -0.383 e. The van der Waals surface area contributed by atoms with Crippen LogP contribution < -0.4 is 21.7 Å². The van der Waals surface area contributed by atoms with Crippen molar-refractivity contribution in [3.8, 4) is 0 Å². The predicted molar refractivity (Wildman–Crippen MR) is 77.9 cm³/mol. The van der Waals surface area contributed by atoms with E-state index in [0.717, 1.165) is 11.5 Å². The fraction of sp³-hybridized carbons (Fsp3) is 0.545. The number of carbonyl (C=O) groups excluding carboxylic acids is 2. The summed E-state index contributed by atoms with van der Waals surface area (Å²) in [6.45, 7) is 2.55. The van der Waals surface area contributed by atoms with Crippen molar-refractivity contribution in [2.24, 2.45) is 0 Å². The van der Waals surface area contributed by atoms with Gasteiger partial charge in [-0.3, -0.25) is 9.59 Å². The SMILES string of the molecule is CNC(=O)c1c(N)nsc1NC(C)C(=O)NCCOC. The number of carbonyl (C=O) groups is 2. The summed E-state index contributed by atoms with van der Waals surface area (Å²) in [7, 11) is 3.06. The van der Waals surface area contributed by atoms with Crippen LogP contribution in [0.15, 0.2) is 0 Å². The van der Waals surface area contributed by atoms with Gasteiger partial charge in [-0.1, -0.05) is 0 Å². The van der Waals surface area contributed by atoms with Crippen LogP contribution in [0.4, 0.5) is 10.8 Å². The highest BCUT2D eigenvalue weighted by Gasteiger charge is 2.21. The van der Waals surface area contributed by atoms with Crippen LogP contribution in [0.3, 0.4) is 0 Å². The number of nitrogen functional groups attached to an aromatic ring is 1. The lowest BCUT2D eigenvalue weighted by atomic mass is 10.2. The van der Waals surface area contributed by atoms with Crippen LogP contribution in [0, 0.1) is 0 Å². The molecule has 0 aliphatic carbocycles. The molecule has 1 atom stereocenters. The van der Waals surface area contributed by atoms with Crippen molar-refractivity contribution in [2.45, 2.75) is 13.0 Å². The van der Waals surface area contributed by atoms with Crippen molar-refractivity contribution in [1.29, 1.82) is 0 Å². The lowest BCUT2D eigenvalue weighted by molar-refractivity contribution is -0.121. The Labute approximate surface area is 121 Å². The molecule has 0 saturated carbocycles. The molecule has 9 heteroatoms. The Morgan fingerprint density at radius 1 is 1.50 bits per heavy atom. The fourth-order valence-electron chi connectivity index (χ4n) is 1.44. The highest BCUT2D eigenvalue weighted by Crippen LogP contribution is 2.27. The Morgan fingerprint density at radius 3 is 2.80 bits per heavy atom. The zero-order valence-electron chi connectivity index (χ0n) is 11.6. The average molecular weight is 301 g/mol. The number of nitrogens with one attached hydrogen (secondary N) is 3. The van der Waals surface area contributed by atoms with Gasteiger partial charge in [-0.25, -0.2) is 0 Å². The maximum absolute atomic E-state index is 11.8. The zero-order valence-corrected chi connectivity index (χ0v) is 12.5. The van der Waals surface area contributed by atoms with Crippen molar-refractivity contribution in [2.75, 3.05) is 38.4 Å². The second-order valence-corrected chi connectivity index (χ2v) is 4.77. The van der Waals surface area contributed by atoms with E-state index in [1.54, 1.807) is 14.0 Å². The summed E-state index contributed by atoms with van der Waals surface area (Å²) in [5, 5.41) is 8.59. The van der Waals surface area contributed by atoms with Gasteiger partial charge in [-0.2, -0.15) is 4.37 Å². The first-order valence-electron chi connectivity index (χ1n) is 6.01. The summed E-state index contributed by atoms with van der Waals surface area (Å²) < 4.78 is 8.76. The molecule has 2 amide bonds. The Hall–Kier alpha value is -1.87. The molecular formula is C11H19N5O3S. The quantitative estimate of drug-likeness (QED) is 0.511. The zero-order chi connectivity index (χ0) is 15.1. The topological polar surface area (TPSA) is 118 Å². The predicted octanol–water partition coefficient (Wildman–Crippen LogP) is -0.352. The van der Waals surface area contributed by atoms with Crippen molar-refractivity contribution >= 4 is 34.2 Å². The minimum absolute atomic E-state index is 0.142. The lowest BCUT2D eigenvalue weighted by Crippen LogP contribution is -2.39. The molecule has 0 aliphatic rings. The number of aromatic nitrogens is 1. The number of ether oxygens (including phenoxy) is 1. The fourth-order valence-corrected chi connectivity index (χ4v) is 2.24. The van der Waals surface area contributed by atoms with E-state index in [1.807, 2.05) is 0 Å². The number of rotatable bonds is 7. The third kappa shape index (κ3) is 4.07. The van der Waals surface area contributed by atoms with Crippen molar-refractivity contribution in [3.05, 3.63) is 5.56 Å². The van der Waals surface area contributed by atoms with Crippen molar-refractivity contribution in [3.63, 3.8) is 0 Å². The van der Waals surface area contributed by atoms with E-state index < -0.39 is 6.04 Å². The van der Waals surface area contributed by atoms with Gasteiger partial charge in [0.15, 0.2) is 5.82 Å². The van der Waals surface area contributed by atoms with Crippen LogP contribution in [0.25, 0.3) is 0 Å². The van der Waals surface area contributed by atoms with Crippen molar-refractivity contribution < 1.29 is 14.3 Å². The van der Waals surface area contributed by atoms with Crippen LogP contribution in [0.2, 0.25) is 0 Å². The third-order valence-electron chi connectivity index (χ3n) is 2.52. The largest absolute Gasteiger partial charge is 0.383 e. The molecule has 1 aromatic rings. The van der Waals surface area contributed by atoms with Crippen LogP contribution in [0.1, 0.15) is 17.3 Å². The molecule has 8 nitrogen and oxygen atoms in total. The van der Waals surface area contributed by atoms with Gasteiger partial charge in [0, 0.05) is 20.7 Å². The summed E-state index contributed by atoms with van der Waals surface area (Å²) in [6.07, 6.45) is 0. The molecule has 0 bridgehead atoms. The molecule has 1 rings (SSSR count). The molecule has 1 aromatic heterocycles. The van der Waals surface area contributed by atoms with Crippen LogP contribution in [-0.2, 0) is 9.53 Å². The van der Waals surface area contributed by atoms with E-state index in [9.17, 15) is 9.59 Å². The average Bonchev–Trinajstić information content (AvgIpc) is 2.79. The number of hydrogen-bond donors (Lipinski definition) is 4. The van der Waals surface area contributed by atoms with Crippen molar-refractivity contribution in [1.82, 2.24) is 15.0 Å². The van der Waals surface area contributed by atoms with Gasteiger partial charge in [0.2, 0.25) is 5.91 Å². The summed E-state index contributed by atoms with van der Waals surface area (Å²) in [6, 6.07) is -0.518. The maximum atomic E-state index is 11.8. The maximum Gasteiger partial charge on any atom is 0.257 e. The minimum atomic E-state index is -0.518. The Bertz CT molecular complexity index is 477. The van der Waals surface area contributed by atoms with Gasteiger partial charge in [-0.05, 0) is 18.5 Å². The molecular weight excluding hydrogens is 282 g/mol. The first-order valence-corrected chi connectivity index (χ1v) is 6.79. The Morgan fingerprint density at radius 2 is 2.20 bits per heavy atom. The Kier molecular flexibility index (Phi) is 6.19. The summed E-state index contributed by atoms with van der Waals surface area (Å²) in [4.78, 5) is 23.5. The van der Waals surface area contributed by atoms with Gasteiger partial charge < -0.3 is 26.4 Å². The summed E-state index contributed by atoms with van der Waals surface area (Å²) in [5.41, 5.74) is 5.91. The number of nitrogens with two attached hydrogens (primary N) is 1. The normalized spacial score (nSPS) is 11.8. The molecule has 0 aromatic carbocycles. The number of amides is 2. The van der Waals surface area contributed by atoms with E-state index in [0.29, 0.717) is 18.2 Å². The van der Waals surface area contributed by atoms with Crippen LogP contribution >= 0.6 is 11.5 Å². The third-order valence-corrected chi connectivity index (χ3v) is 3.31. The highest BCUT2D eigenvalue weighted by molar-refractivity contribution is 7.11.